The molecule has 0 amide bonds. The first-order chi connectivity index (χ1) is 52.3. The van der Waals surface area contributed by atoms with Crippen molar-refractivity contribution in [3.8, 4) is 0 Å². The molecule has 0 unspecified atom stereocenters. The fourth-order valence-corrected chi connectivity index (χ4v) is 19.3. The van der Waals surface area contributed by atoms with E-state index in [0.717, 1.165) is 32.1 Å². The van der Waals surface area contributed by atoms with Crippen molar-refractivity contribution in [2.75, 3.05) is 13.2 Å². The zero-order valence-corrected chi connectivity index (χ0v) is 61.2. The van der Waals surface area contributed by atoms with Crippen LogP contribution in [0.1, 0.15) is 165 Å². The maximum atomic E-state index is 15.2. The van der Waals surface area contributed by atoms with Crippen molar-refractivity contribution in [2.45, 2.75) is 178 Å². The average molecular weight is 1470 g/mol. The Hall–Kier alpha value is -9.41. The van der Waals surface area contributed by atoms with Crippen LogP contribution < -0.4 is 0 Å². The van der Waals surface area contributed by atoms with Gasteiger partial charge in [0.15, 0.2) is 48.9 Å². The summed E-state index contributed by atoms with van der Waals surface area (Å²) < 4.78 is 88.3. The maximum absolute atomic E-state index is 15.2. The van der Waals surface area contributed by atoms with Gasteiger partial charge >= 0.3 is 41.8 Å². The van der Waals surface area contributed by atoms with E-state index in [0.29, 0.717) is 49.7 Å². The minimum atomic E-state index is -1.89. The first-order valence-electron chi connectivity index (χ1n) is 38.1. The second-order valence-corrected chi connectivity index (χ2v) is 31.1. The molecular weight excluding hydrogens is 1380 g/mol. The molecule has 1 spiro atoms. The summed E-state index contributed by atoms with van der Waals surface area (Å²) in [5, 5.41) is 0. The van der Waals surface area contributed by atoms with Crippen molar-refractivity contribution in [1.82, 2.24) is 0 Å². The molecule has 108 heavy (non-hydrogen) atoms. The second kappa shape index (κ2) is 31.7. The van der Waals surface area contributed by atoms with Crippen molar-refractivity contribution >= 4 is 41.8 Å². The van der Waals surface area contributed by atoms with Gasteiger partial charge in [-0.1, -0.05) is 155 Å². The number of benzene rings is 7. The van der Waals surface area contributed by atoms with Gasteiger partial charge in [0.1, 0.15) is 24.9 Å². The van der Waals surface area contributed by atoms with E-state index in [-0.39, 0.29) is 79.9 Å². The molecule has 0 N–H and O–H groups in total. The summed E-state index contributed by atoms with van der Waals surface area (Å²) in [4.78, 5) is 103. The van der Waals surface area contributed by atoms with E-state index in [2.05, 4.69) is 27.7 Å². The molecule has 23 atom stereocenters. The number of ether oxygens (including phenoxy) is 13. The largest absolute Gasteiger partial charge is 0.459 e. The number of carbonyl (C=O) groups is 7. The van der Waals surface area contributed by atoms with E-state index in [1.165, 1.54) is 24.3 Å². The standard InChI is InChI=1S/C88H92O20/c1-52-41-46-88(97-50-52)53(2)70-68(108-88)49-65-63-48-67(100-78(90)56-29-15-7-16-30-56)66-47-62(42-44-86(66,4)64(63)43-45-87(65,70)5)99-85-76(106-83(95)61-39-25-12-26-40-61)74(104-81(93)59-35-21-10-22-36-59)72(69(101-85)51-96-77(89)55-27-13-6-14-28-55)107-84-75(105-82(94)60-37-23-11-24-38-60)73(103-80(92)58-33-19-9-20-34-58)71(54(3)98-84)102-79(91)57-31-17-8-18-32-57/h6-40,52-54,62-76,84-85H,41-51H2,1-5H3/t52-,53+,54+,62+,63-,64+,65+,66-,67+,68+,69-,70+,71+,72-,73-,74+,75-,76-,84+,85-,86-,87+,88-/m1/s1. The highest BCUT2D eigenvalue weighted by Crippen LogP contribution is 2.72. The van der Waals surface area contributed by atoms with Crippen LogP contribution in [-0.4, -0.2) is 141 Å². The van der Waals surface area contributed by atoms with Crippen LogP contribution in [0.4, 0.5) is 0 Å². The molecule has 7 aromatic rings. The van der Waals surface area contributed by atoms with Crippen molar-refractivity contribution in [3.05, 3.63) is 251 Å². The molecule has 15 rings (SSSR count). The highest BCUT2D eigenvalue weighted by Gasteiger charge is 2.71. The van der Waals surface area contributed by atoms with E-state index in [9.17, 15) is 24.0 Å². The van der Waals surface area contributed by atoms with Gasteiger partial charge in [0.05, 0.1) is 63.9 Å². The second-order valence-electron chi connectivity index (χ2n) is 31.1. The summed E-state index contributed by atoms with van der Waals surface area (Å²) >= 11 is 0. The predicted octanol–water partition coefficient (Wildman–Crippen LogP) is 14.5. The minimum absolute atomic E-state index is 0.0380. The molecule has 564 valence electrons. The van der Waals surface area contributed by atoms with Crippen LogP contribution >= 0.6 is 0 Å². The van der Waals surface area contributed by atoms with Crippen molar-refractivity contribution in [2.24, 2.45) is 52.3 Å². The van der Waals surface area contributed by atoms with Crippen molar-refractivity contribution in [3.63, 3.8) is 0 Å². The summed E-state index contributed by atoms with van der Waals surface area (Å²) in [6.07, 6.45) is -11.2. The molecular formula is C88H92O20. The van der Waals surface area contributed by atoms with E-state index in [4.69, 9.17) is 61.6 Å². The first-order valence-corrected chi connectivity index (χ1v) is 38.1. The number of esters is 7. The van der Waals surface area contributed by atoms with E-state index >= 15 is 9.59 Å². The summed E-state index contributed by atoms with van der Waals surface area (Å²) in [5.41, 5.74) is 0.659. The van der Waals surface area contributed by atoms with Crippen LogP contribution in [0.2, 0.25) is 0 Å². The number of fused-ring (bicyclic) bond motifs is 7. The lowest BCUT2D eigenvalue weighted by molar-refractivity contribution is -0.359. The fraction of sp³-hybridized carbons (Fsp3) is 0.443. The molecule has 4 saturated carbocycles. The van der Waals surface area contributed by atoms with Crippen LogP contribution in [0, 0.1) is 52.3 Å². The number of hydrogen-bond acceptors (Lipinski definition) is 20. The summed E-state index contributed by atoms with van der Waals surface area (Å²) in [7, 11) is 0. The van der Waals surface area contributed by atoms with Gasteiger partial charge in [-0.2, -0.15) is 0 Å². The fourth-order valence-electron chi connectivity index (χ4n) is 19.3. The molecule has 4 aliphatic carbocycles. The van der Waals surface area contributed by atoms with Crippen LogP contribution in [-0.2, 0) is 61.6 Å². The molecule has 0 aromatic heterocycles. The molecule has 4 saturated heterocycles. The zero-order chi connectivity index (χ0) is 74.8. The monoisotopic (exact) mass is 1470 g/mol. The molecule has 4 aliphatic heterocycles. The quantitative estimate of drug-likeness (QED) is 0.0415. The lowest BCUT2D eigenvalue weighted by atomic mass is 9.43. The third-order valence-electron chi connectivity index (χ3n) is 24.7. The molecule has 8 aliphatic rings. The van der Waals surface area contributed by atoms with Crippen LogP contribution in [0.5, 0.6) is 0 Å². The van der Waals surface area contributed by atoms with Crippen molar-refractivity contribution < 1.29 is 95.1 Å². The Labute approximate surface area is 628 Å². The van der Waals surface area contributed by atoms with Gasteiger partial charge in [-0.3, -0.25) is 0 Å². The SMILES string of the molecule is C[C@@H]1CC[C@@]2(OC1)O[C@H]1C[C@H]3[C@@H]4C[C@H](OC(=O)c5ccccc5)[C@H]5C[C@@H](O[C@@H]6O[C@H](COC(=O)c7ccccc7)[C@@H](O[C@@H]7O[C@@H](C)[C@H](OC(=O)c8ccccc8)[C@@H](OC(=O)c8ccccc8)[C@H]7OC(=O)c7ccccc7)[C@H](OC(=O)c7ccccc7)[C@H]6OC(=O)c6ccccc6)CC[C@]5(C)[C@H]4CC[C@]3(C)[C@H]1[C@@H]2C. The lowest BCUT2D eigenvalue weighted by Crippen LogP contribution is -2.67. The Balaban J connectivity index is 0.809. The van der Waals surface area contributed by atoms with Gasteiger partial charge in [-0.15, -0.1) is 0 Å². The molecule has 8 fully saturated rings. The lowest BCUT2D eigenvalue weighted by Gasteiger charge is -2.63. The van der Waals surface area contributed by atoms with Gasteiger partial charge in [0, 0.05) is 18.3 Å². The average Bonchev–Trinajstić information content (AvgIpc) is 1.55. The number of hydrogen-bond donors (Lipinski definition) is 0. The molecule has 0 bridgehead atoms. The van der Waals surface area contributed by atoms with Crippen LogP contribution in [0.25, 0.3) is 0 Å². The summed E-state index contributed by atoms with van der Waals surface area (Å²) in [5.74, 6) is -4.84. The first kappa shape index (κ1) is 74.1. The van der Waals surface area contributed by atoms with Gasteiger partial charge in [0.25, 0.3) is 0 Å². The van der Waals surface area contributed by atoms with Crippen LogP contribution in [0.15, 0.2) is 212 Å². The Morgan fingerprint density at radius 2 is 0.815 bits per heavy atom. The van der Waals surface area contributed by atoms with Crippen LogP contribution in [0.3, 0.4) is 0 Å². The molecule has 0 radical (unpaired) electrons. The summed E-state index contributed by atoms with van der Waals surface area (Å²) in [6, 6.07) is 57.7. The summed E-state index contributed by atoms with van der Waals surface area (Å²) in [6.45, 7) is 11.0. The van der Waals surface area contributed by atoms with Gasteiger partial charge < -0.3 is 61.6 Å². The molecule has 20 nitrogen and oxygen atoms in total. The third-order valence-corrected chi connectivity index (χ3v) is 24.7. The highest BCUT2D eigenvalue weighted by molar-refractivity contribution is 5.93. The van der Waals surface area contributed by atoms with E-state index < -0.39 is 128 Å². The normalized spacial score (nSPS) is 34.5. The third kappa shape index (κ3) is 15.0. The van der Waals surface area contributed by atoms with E-state index in [1.807, 2.05) is 18.2 Å². The zero-order valence-electron chi connectivity index (χ0n) is 61.2. The Morgan fingerprint density at radius 1 is 0.398 bits per heavy atom. The highest BCUT2D eigenvalue weighted by atomic mass is 16.8. The molecule has 7 aromatic carbocycles. The van der Waals surface area contributed by atoms with Crippen molar-refractivity contribution in [1.29, 1.82) is 0 Å². The number of carbonyl (C=O) groups excluding carboxylic acids is 7. The van der Waals surface area contributed by atoms with E-state index in [1.54, 1.807) is 177 Å². The smallest absolute Gasteiger partial charge is 0.338 e. The van der Waals surface area contributed by atoms with Gasteiger partial charge in [-0.05, 0) is 184 Å². The van der Waals surface area contributed by atoms with Gasteiger partial charge in [0.2, 0.25) is 0 Å². The molecule has 4 heterocycles. The maximum Gasteiger partial charge on any atom is 0.338 e. The predicted molar refractivity (Wildman–Crippen MR) is 390 cm³/mol. The number of rotatable bonds is 19. The molecule has 20 heteroatoms. The van der Waals surface area contributed by atoms with Gasteiger partial charge in [-0.25, -0.2) is 33.6 Å². The Kier molecular flexibility index (Phi) is 21.7. The Bertz CT molecular complexity index is 4300. The Morgan fingerprint density at radius 3 is 1.28 bits per heavy atom. The topological polar surface area (TPSA) is 239 Å². The minimum Gasteiger partial charge on any atom is -0.459 e.